The van der Waals surface area contributed by atoms with Gasteiger partial charge in [0, 0.05) is 11.6 Å². The lowest BCUT2D eigenvalue weighted by Gasteiger charge is -2.14. The summed E-state index contributed by atoms with van der Waals surface area (Å²) in [4.78, 5) is 27.9. The maximum absolute atomic E-state index is 13.7. The van der Waals surface area contributed by atoms with Crippen LogP contribution in [0.2, 0.25) is 5.02 Å². The highest BCUT2D eigenvalue weighted by atomic mass is 35.5. The largest absolute Gasteiger partial charge is 0.478 e. The molecule has 9 heteroatoms. The molecule has 28 heavy (non-hydrogen) atoms. The maximum Gasteiger partial charge on any atom is 0.335 e. The molecule has 0 spiro atoms. The molecule has 1 N–H and O–H groups in total. The minimum Gasteiger partial charge on any atom is -0.478 e. The molecule has 1 heterocycles. The summed E-state index contributed by atoms with van der Waals surface area (Å²) in [5.74, 6) is -2.69. The SMILES string of the molecule is Cc1nc(OCc2ccc(F)cc2F)c(Cl)c(=O)n1-c1cccc(C(=O)O)c1. The zero-order chi connectivity index (χ0) is 20.4. The predicted octanol–water partition coefficient (Wildman–Crippen LogP) is 3.75. The van der Waals surface area contributed by atoms with Gasteiger partial charge in [-0.2, -0.15) is 4.98 Å². The Labute approximate surface area is 162 Å². The fourth-order valence-corrected chi connectivity index (χ4v) is 2.73. The molecule has 3 aromatic rings. The molecule has 0 amide bonds. The fraction of sp³-hybridized carbons (Fsp3) is 0.105. The molecule has 6 nitrogen and oxygen atoms in total. The van der Waals surface area contributed by atoms with Crippen molar-refractivity contribution in [2.75, 3.05) is 0 Å². The summed E-state index contributed by atoms with van der Waals surface area (Å²) in [6.07, 6.45) is 0. The number of aryl methyl sites for hydroxylation is 1. The standard InChI is InChI=1S/C19H13ClF2N2O4/c1-10-23-17(28-9-12-5-6-13(21)8-15(12)22)16(20)18(25)24(10)14-4-2-3-11(7-14)19(26)27/h2-8H,9H2,1H3,(H,26,27). The van der Waals surface area contributed by atoms with Crippen LogP contribution in [0.5, 0.6) is 5.88 Å². The van der Waals surface area contributed by atoms with E-state index in [4.69, 9.17) is 21.4 Å². The smallest absolute Gasteiger partial charge is 0.335 e. The summed E-state index contributed by atoms with van der Waals surface area (Å²) >= 11 is 6.06. The minimum atomic E-state index is -1.15. The van der Waals surface area contributed by atoms with Gasteiger partial charge in [0.1, 0.15) is 24.1 Å². The second kappa shape index (κ2) is 7.77. The number of hydrogen-bond acceptors (Lipinski definition) is 4. The molecule has 144 valence electrons. The summed E-state index contributed by atoms with van der Waals surface area (Å²) in [5, 5.41) is 8.76. The second-order valence-electron chi connectivity index (χ2n) is 5.80. The van der Waals surface area contributed by atoms with Crippen LogP contribution < -0.4 is 10.3 Å². The van der Waals surface area contributed by atoms with E-state index in [-0.39, 0.29) is 40.1 Å². The Morgan fingerprint density at radius 2 is 2.00 bits per heavy atom. The van der Waals surface area contributed by atoms with E-state index in [0.29, 0.717) is 6.07 Å². The molecule has 0 unspecified atom stereocenters. The molecule has 2 aromatic carbocycles. The average Bonchev–Trinajstić information content (AvgIpc) is 2.65. The van der Waals surface area contributed by atoms with Gasteiger partial charge in [-0.25, -0.2) is 13.6 Å². The van der Waals surface area contributed by atoms with Gasteiger partial charge in [-0.05, 0) is 37.3 Å². The molecular formula is C19H13ClF2N2O4. The van der Waals surface area contributed by atoms with Crippen molar-refractivity contribution in [3.05, 3.63) is 86.4 Å². The minimum absolute atomic E-state index is 0.00738. The number of benzene rings is 2. The van der Waals surface area contributed by atoms with Crippen LogP contribution in [-0.2, 0) is 6.61 Å². The first-order valence-electron chi connectivity index (χ1n) is 7.97. The van der Waals surface area contributed by atoms with Crippen LogP contribution in [0, 0.1) is 18.6 Å². The molecule has 0 radical (unpaired) electrons. The first-order chi connectivity index (χ1) is 13.3. The van der Waals surface area contributed by atoms with E-state index in [1.165, 1.54) is 37.3 Å². The van der Waals surface area contributed by atoms with Gasteiger partial charge in [0.05, 0.1) is 11.3 Å². The summed E-state index contributed by atoms with van der Waals surface area (Å²) in [5.41, 5.74) is -0.346. The number of aromatic carboxylic acids is 1. The molecule has 1 aromatic heterocycles. The lowest BCUT2D eigenvalue weighted by atomic mass is 10.2. The first-order valence-corrected chi connectivity index (χ1v) is 8.35. The third-order valence-corrected chi connectivity index (χ3v) is 4.22. The Hall–Kier alpha value is -3.26. The predicted molar refractivity (Wildman–Crippen MR) is 97.2 cm³/mol. The van der Waals surface area contributed by atoms with Crippen LogP contribution in [-0.4, -0.2) is 20.6 Å². The van der Waals surface area contributed by atoms with Gasteiger partial charge < -0.3 is 9.84 Å². The van der Waals surface area contributed by atoms with Crippen LogP contribution in [0.4, 0.5) is 8.78 Å². The van der Waals surface area contributed by atoms with Crippen molar-refractivity contribution in [1.29, 1.82) is 0 Å². The number of ether oxygens (including phenoxy) is 1. The monoisotopic (exact) mass is 406 g/mol. The van der Waals surface area contributed by atoms with Crippen molar-refractivity contribution >= 4 is 17.6 Å². The Kier molecular flexibility index (Phi) is 5.41. The number of carbonyl (C=O) groups is 1. The molecular weight excluding hydrogens is 394 g/mol. The Bertz CT molecular complexity index is 1130. The molecule has 0 atom stereocenters. The molecule has 0 bridgehead atoms. The van der Waals surface area contributed by atoms with Crippen molar-refractivity contribution in [3.63, 3.8) is 0 Å². The van der Waals surface area contributed by atoms with E-state index in [0.717, 1.165) is 10.6 Å². The number of carboxylic acids is 1. The van der Waals surface area contributed by atoms with Crippen molar-refractivity contribution < 1.29 is 23.4 Å². The highest BCUT2D eigenvalue weighted by molar-refractivity contribution is 6.31. The quantitative estimate of drug-likeness (QED) is 0.698. The first kappa shape index (κ1) is 19.5. The van der Waals surface area contributed by atoms with E-state index in [1.807, 2.05) is 0 Å². The third-order valence-electron chi connectivity index (χ3n) is 3.90. The van der Waals surface area contributed by atoms with Gasteiger partial charge in [0.25, 0.3) is 5.56 Å². The summed E-state index contributed by atoms with van der Waals surface area (Å²) in [6, 6.07) is 8.72. The molecule has 0 aliphatic carbocycles. The van der Waals surface area contributed by atoms with Gasteiger partial charge in [-0.3, -0.25) is 9.36 Å². The van der Waals surface area contributed by atoms with Crippen molar-refractivity contribution in [2.24, 2.45) is 0 Å². The molecule has 0 fully saturated rings. The van der Waals surface area contributed by atoms with Crippen molar-refractivity contribution in [3.8, 4) is 11.6 Å². The number of hydrogen-bond donors (Lipinski definition) is 1. The molecule has 0 aliphatic rings. The molecule has 0 saturated carbocycles. The van der Waals surface area contributed by atoms with Gasteiger partial charge in [0.15, 0.2) is 5.02 Å². The van der Waals surface area contributed by atoms with Crippen molar-refractivity contribution in [2.45, 2.75) is 13.5 Å². The number of carboxylic acid groups (broad SMARTS) is 1. The van der Waals surface area contributed by atoms with Gasteiger partial charge >= 0.3 is 5.97 Å². The van der Waals surface area contributed by atoms with Gasteiger partial charge in [-0.15, -0.1) is 0 Å². The number of aromatic nitrogens is 2. The van der Waals surface area contributed by atoms with Crippen LogP contribution >= 0.6 is 11.6 Å². The van der Waals surface area contributed by atoms with Crippen LogP contribution in [0.3, 0.4) is 0 Å². The van der Waals surface area contributed by atoms with E-state index < -0.39 is 23.2 Å². The molecule has 0 saturated heterocycles. The Morgan fingerprint density at radius 1 is 1.25 bits per heavy atom. The maximum atomic E-state index is 13.7. The lowest BCUT2D eigenvalue weighted by Crippen LogP contribution is -2.23. The Morgan fingerprint density at radius 3 is 2.68 bits per heavy atom. The van der Waals surface area contributed by atoms with Crippen LogP contribution in [0.25, 0.3) is 5.69 Å². The Balaban J connectivity index is 1.95. The van der Waals surface area contributed by atoms with Crippen LogP contribution in [0.1, 0.15) is 21.7 Å². The third kappa shape index (κ3) is 3.86. The van der Waals surface area contributed by atoms with E-state index in [2.05, 4.69) is 4.98 Å². The molecule has 0 aliphatic heterocycles. The van der Waals surface area contributed by atoms with E-state index in [9.17, 15) is 18.4 Å². The second-order valence-corrected chi connectivity index (χ2v) is 6.18. The van der Waals surface area contributed by atoms with Gasteiger partial charge in [-0.1, -0.05) is 17.7 Å². The summed E-state index contributed by atoms with van der Waals surface area (Å²) in [7, 11) is 0. The van der Waals surface area contributed by atoms with Crippen molar-refractivity contribution in [1.82, 2.24) is 9.55 Å². The normalized spacial score (nSPS) is 10.7. The fourth-order valence-electron chi connectivity index (χ4n) is 2.55. The molecule has 3 rings (SSSR count). The van der Waals surface area contributed by atoms with Gasteiger partial charge in [0.2, 0.25) is 5.88 Å². The topological polar surface area (TPSA) is 81.4 Å². The summed E-state index contributed by atoms with van der Waals surface area (Å²) < 4.78 is 33.2. The van der Waals surface area contributed by atoms with E-state index in [1.54, 1.807) is 0 Å². The number of halogens is 3. The number of rotatable bonds is 5. The van der Waals surface area contributed by atoms with Crippen LogP contribution in [0.15, 0.2) is 47.3 Å². The summed E-state index contributed by atoms with van der Waals surface area (Å²) in [6.45, 7) is 1.20. The number of nitrogens with zero attached hydrogens (tertiary/aromatic N) is 2. The zero-order valence-corrected chi connectivity index (χ0v) is 15.2. The lowest BCUT2D eigenvalue weighted by molar-refractivity contribution is 0.0697. The highest BCUT2D eigenvalue weighted by Gasteiger charge is 2.17. The van der Waals surface area contributed by atoms with E-state index >= 15 is 0 Å². The highest BCUT2D eigenvalue weighted by Crippen LogP contribution is 2.22. The zero-order valence-electron chi connectivity index (χ0n) is 14.4. The average molecular weight is 407 g/mol.